The smallest absolute Gasteiger partial charge is 0.410 e. The first-order valence-corrected chi connectivity index (χ1v) is 10.3. The van der Waals surface area contributed by atoms with E-state index in [2.05, 4.69) is 43.4 Å². The van der Waals surface area contributed by atoms with Crippen LogP contribution in [0.1, 0.15) is 77.3 Å². The summed E-state index contributed by atoms with van der Waals surface area (Å²) in [6, 6.07) is 6.61. The Bertz CT molecular complexity index is 714. The highest BCUT2D eigenvalue weighted by Gasteiger charge is 2.32. The summed E-state index contributed by atoms with van der Waals surface area (Å²) in [6.45, 7) is 11.4. The Kier molecular flexibility index (Phi) is 5.83. The first-order valence-electron chi connectivity index (χ1n) is 10.3. The third-order valence-electron chi connectivity index (χ3n) is 5.12. The summed E-state index contributed by atoms with van der Waals surface area (Å²) in [5.41, 5.74) is 4.69. The van der Waals surface area contributed by atoms with E-state index in [0.717, 1.165) is 18.5 Å². The van der Waals surface area contributed by atoms with Crippen LogP contribution in [0.15, 0.2) is 29.8 Å². The zero-order valence-corrected chi connectivity index (χ0v) is 17.5. The van der Waals surface area contributed by atoms with Gasteiger partial charge in [0.2, 0.25) is 0 Å². The second kappa shape index (κ2) is 7.95. The summed E-state index contributed by atoms with van der Waals surface area (Å²) in [6.07, 6.45) is 6.77. The number of hydrogen-bond acceptors (Lipinski definition) is 3. The van der Waals surface area contributed by atoms with E-state index in [1.165, 1.54) is 29.5 Å². The van der Waals surface area contributed by atoms with E-state index in [-0.39, 0.29) is 12.1 Å². The zero-order valence-electron chi connectivity index (χ0n) is 17.5. The van der Waals surface area contributed by atoms with E-state index in [9.17, 15) is 4.79 Å². The van der Waals surface area contributed by atoms with Crippen LogP contribution in [0.2, 0.25) is 0 Å². The Balaban J connectivity index is 1.92. The summed E-state index contributed by atoms with van der Waals surface area (Å²) in [7, 11) is 0. The standard InChI is InChI=1S/C23H34N2O2/c1-6-8-16(2)13-18-14-25(22(26)27-23(3,4)5)15-20-19(17-11-12-17)9-7-10-21(20)24-18/h7,9-10,13,17-18,24H,6,8,11-12,14-15H2,1-5H3/b16-13+. The van der Waals surface area contributed by atoms with Crippen LogP contribution in [-0.4, -0.2) is 29.2 Å². The number of carbonyl (C=O) groups excluding carboxylic acids is 1. The number of carbonyl (C=O) groups is 1. The molecule has 1 fully saturated rings. The third-order valence-corrected chi connectivity index (χ3v) is 5.12. The van der Waals surface area contributed by atoms with Crippen molar-refractivity contribution in [2.24, 2.45) is 0 Å². The molecular formula is C23H34N2O2. The lowest BCUT2D eigenvalue weighted by atomic mass is 10.0. The molecule has 0 saturated heterocycles. The molecule has 1 N–H and O–H groups in total. The Morgan fingerprint density at radius 2 is 2.07 bits per heavy atom. The lowest BCUT2D eigenvalue weighted by Gasteiger charge is -2.28. The molecule has 27 heavy (non-hydrogen) atoms. The largest absolute Gasteiger partial charge is 0.444 e. The van der Waals surface area contributed by atoms with Gasteiger partial charge in [-0.15, -0.1) is 0 Å². The van der Waals surface area contributed by atoms with Crippen LogP contribution in [0.3, 0.4) is 0 Å². The average molecular weight is 371 g/mol. The molecule has 1 amide bonds. The Labute approximate surface area is 164 Å². The number of benzene rings is 1. The first kappa shape index (κ1) is 19.8. The van der Waals surface area contributed by atoms with E-state index < -0.39 is 5.60 Å². The van der Waals surface area contributed by atoms with Crippen LogP contribution in [0.5, 0.6) is 0 Å². The van der Waals surface area contributed by atoms with Gasteiger partial charge in [0.25, 0.3) is 0 Å². The van der Waals surface area contributed by atoms with Gasteiger partial charge in [-0.25, -0.2) is 4.79 Å². The van der Waals surface area contributed by atoms with Gasteiger partial charge in [-0.1, -0.05) is 37.1 Å². The van der Waals surface area contributed by atoms with E-state index in [1.54, 1.807) is 0 Å². The summed E-state index contributed by atoms with van der Waals surface area (Å²) >= 11 is 0. The molecule has 2 aliphatic rings. The third kappa shape index (κ3) is 5.27. The van der Waals surface area contributed by atoms with Crippen molar-refractivity contribution < 1.29 is 9.53 Å². The van der Waals surface area contributed by atoms with Gasteiger partial charge >= 0.3 is 6.09 Å². The fourth-order valence-electron chi connectivity index (χ4n) is 3.81. The lowest BCUT2D eigenvalue weighted by molar-refractivity contribution is 0.0236. The lowest BCUT2D eigenvalue weighted by Crippen LogP contribution is -2.40. The summed E-state index contributed by atoms with van der Waals surface area (Å²) in [4.78, 5) is 14.8. The molecule has 1 unspecified atom stereocenters. The number of amides is 1. The van der Waals surface area contributed by atoms with Crippen LogP contribution >= 0.6 is 0 Å². The average Bonchev–Trinajstić information content (AvgIpc) is 3.39. The number of nitrogens with zero attached hydrogens (tertiary/aromatic N) is 1. The molecule has 1 atom stereocenters. The highest BCUT2D eigenvalue weighted by molar-refractivity contribution is 5.70. The fraction of sp³-hybridized carbons (Fsp3) is 0.609. The molecule has 1 saturated carbocycles. The maximum atomic E-state index is 12.9. The monoisotopic (exact) mass is 370 g/mol. The molecule has 1 aromatic rings. The molecule has 0 radical (unpaired) electrons. The molecular weight excluding hydrogens is 336 g/mol. The number of hydrogen-bond donors (Lipinski definition) is 1. The Hall–Kier alpha value is -1.97. The van der Waals surface area contributed by atoms with Gasteiger partial charge in [-0.05, 0) is 70.1 Å². The number of allylic oxidation sites excluding steroid dienone is 1. The van der Waals surface area contributed by atoms with Crippen LogP contribution in [-0.2, 0) is 11.3 Å². The Morgan fingerprint density at radius 3 is 2.70 bits per heavy atom. The minimum atomic E-state index is -0.487. The van der Waals surface area contributed by atoms with Crippen molar-refractivity contribution in [2.75, 3.05) is 11.9 Å². The predicted octanol–water partition coefficient (Wildman–Crippen LogP) is 5.84. The topological polar surface area (TPSA) is 41.6 Å². The molecule has 4 heteroatoms. The van der Waals surface area contributed by atoms with Crippen LogP contribution in [0.4, 0.5) is 10.5 Å². The molecule has 0 aromatic heterocycles. The summed E-state index contributed by atoms with van der Waals surface area (Å²) in [5.74, 6) is 0.649. The molecule has 1 aromatic carbocycles. The maximum Gasteiger partial charge on any atom is 0.410 e. The van der Waals surface area contributed by atoms with Crippen molar-refractivity contribution in [2.45, 2.75) is 84.4 Å². The van der Waals surface area contributed by atoms with Crippen molar-refractivity contribution >= 4 is 11.8 Å². The fourth-order valence-corrected chi connectivity index (χ4v) is 3.81. The molecule has 3 rings (SSSR count). The van der Waals surface area contributed by atoms with Gasteiger partial charge in [0, 0.05) is 12.2 Å². The number of ether oxygens (including phenoxy) is 1. The number of anilines is 1. The van der Waals surface area contributed by atoms with E-state index in [0.29, 0.717) is 19.0 Å². The van der Waals surface area contributed by atoms with Crippen LogP contribution in [0, 0.1) is 0 Å². The quantitative estimate of drug-likeness (QED) is 0.677. The van der Waals surface area contributed by atoms with E-state index in [1.807, 2.05) is 25.7 Å². The SMILES string of the molecule is CCC/C(C)=C/C1CN(C(=O)OC(C)(C)C)Cc2c(cccc2C2CC2)N1. The first-order chi connectivity index (χ1) is 12.8. The van der Waals surface area contributed by atoms with Crippen molar-refractivity contribution in [3.05, 3.63) is 41.0 Å². The van der Waals surface area contributed by atoms with E-state index in [4.69, 9.17) is 4.74 Å². The van der Waals surface area contributed by atoms with Crippen molar-refractivity contribution in [1.82, 2.24) is 4.90 Å². The van der Waals surface area contributed by atoms with Gasteiger partial charge in [0.05, 0.1) is 12.6 Å². The van der Waals surface area contributed by atoms with Gasteiger partial charge in [-0.2, -0.15) is 0 Å². The number of rotatable bonds is 4. The van der Waals surface area contributed by atoms with Gasteiger partial charge in [0.15, 0.2) is 0 Å². The molecule has 0 bridgehead atoms. The highest BCUT2D eigenvalue weighted by Crippen LogP contribution is 2.44. The van der Waals surface area contributed by atoms with Crippen molar-refractivity contribution in [3.63, 3.8) is 0 Å². The van der Waals surface area contributed by atoms with Crippen molar-refractivity contribution in [1.29, 1.82) is 0 Å². The zero-order chi connectivity index (χ0) is 19.6. The van der Waals surface area contributed by atoms with Crippen LogP contribution < -0.4 is 5.32 Å². The summed E-state index contributed by atoms with van der Waals surface area (Å²) in [5, 5.41) is 3.69. The maximum absolute atomic E-state index is 12.9. The highest BCUT2D eigenvalue weighted by atomic mass is 16.6. The minimum Gasteiger partial charge on any atom is -0.444 e. The molecule has 1 aliphatic carbocycles. The minimum absolute atomic E-state index is 0.0970. The second-order valence-corrected chi connectivity index (χ2v) is 9.02. The van der Waals surface area contributed by atoms with Crippen LogP contribution in [0.25, 0.3) is 0 Å². The number of nitrogens with one attached hydrogen (secondary N) is 1. The van der Waals surface area contributed by atoms with Gasteiger partial charge in [-0.3, -0.25) is 0 Å². The second-order valence-electron chi connectivity index (χ2n) is 9.02. The normalized spacial score (nSPS) is 20.6. The molecule has 4 nitrogen and oxygen atoms in total. The summed E-state index contributed by atoms with van der Waals surface area (Å²) < 4.78 is 5.70. The molecule has 1 aliphatic heterocycles. The van der Waals surface area contributed by atoms with Gasteiger partial charge < -0.3 is 15.0 Å². The van der Waals surface area contributed by atoms with E-state index >= 15 is 0 Å². The molecule has 1 heterocycles. The molecule has 0 spiro atoms. The predicted molar refractivity (Wildman–Crippen MR) is 111 cm³/mol. The van der Waals surface area contributed by atoms with Gasteiger partial charge in [0.1, 0.15) is 5.60 Å². The molecule has 148 valence electrons. The number of fused-ring (bicyclic) bond motifs is 1. The van der Waals surface area contributed by atoms with Crippen molar-refractivity contribution in [3.8, 4) is 0 Å². The Morgan fingerprint density at radius 1 is 1.33 bits per heavy atom.